The van der Waals surface area contributed by atoms with Gasteiger partial charge in [-0.1, -0.05) is 34.4 Å². The molecule has 1 heterocycles. The van der Waals surface area contributed by atoms with E-state index in [1.54, 1.807) is 6.07 Å². The maximum absolute atomic E-state index is 13.2. The number of benzene rings is 2. The van der Waals surface area contributed by atoms with Crippen molar-refractivity contribution in [3.05, 3.63) is 75.6 Å². The van der Waals surface area contributed by atoms with Gasteiger partial charge in [-0.2, -0.15) is 0 Å². The van der Waals surface area contributed by atoms with Gasteiger partial charge in [0.15, 0.2) is 11.5 Å². The third-order valence-corrected chi connectivity index (χ3v) is 6.64. The topological polar surface area (TPSA) is 77.2 Å². The highest BCUT2D eigenvalue weighted by Crippen LogP contribution is 2.42. The molecule has 0 saturated heterocycles. The van der Waals surface area contributed by atoms with E-state index >= 15 is 0 Å². The van der Waals surface area contributed by atoms with Crippen LogP contribution >= 0.6 is 23.2 Å². The number of ketones is 1. The third kappa shape index (κ3) is 3.40. The summed E-state index contributed by atoms with van der Waals surface area (Å²) >= 11 is 12.0. The van der Waals surface area contributed by atoms with Gasteiger partial charge < -0.3 is 4.52 Å². The lowest BCUT2D eigenvalue weighted by Gasteiger charge is -2.11. The smallest absolute Gasteiger partial charge is 0.207 e. The lowest BCUT2D eigenvalue weighted by molar-refractivity contribution is 0.103. The number of hydrogen-bond acceptors (Lipinski definition) is 5. The van der Waals surface area contributed by atoms with E-state index in [-0.39, 0.29) is 36.9 Å². The molecule has 4 rings (SSSR count). The maximum atomic E-state index is 13.2. The molecule has 0 radical (unpaired) electrons. The quantitative estimate of drug-likeness (QED) is 0.546. The minimum Gasteiger partial charge on any atom is -0.360 e. The zero-order valence-electron chi connectivity index (χ0n) is 13.9. The fourth-order valence-electron chi connectivity index (χ4n) is 2.87. The highest BCUT2D eigenvalue weighted by Gasteiger charge is 2.34. The molecule has 1 fully saturated rings. The van der Waals surface area contributed by atoms with Crippen LogP contribution in [0, 0.1) is 0 Å². The molecule has 1 saturated carbocycles. The van der Waals surface area contributed by atoms with Crippen LogP contribution in [-0.2, 0) is 9.84 Å². The molecule has 1 aliphatic rings. The average Bonchev–Trinajstić information content (AvgIpc) is 3.37. The third-order valence-electron chi connectivity index (χ3n) is 4.38. The monoisotopic (exact) mass is 421 g/mol. The molecule has 0 N–H and O–H groups in total. The number of hydrogen-bond donors (Lipinski definition) is 0. The largest absolute Gasteiger partial charge is 0.360 e. The molecule has 0 bridgehead atoms. The number of carbonyl (C=O) groups is 1. The van der Waals surface area contributed by atoms with E-state index in [9.17, 15) is 13.2 Å². The van der Waals surface area contributed by atoms with E-state index < -0.39 is 15.6 Å². The first-order valence-electron chi connectivity index (χ1n) is 8.17. The molecular weight excluding hydrogens is 409 g/mol. The van der Waals surface area contributed by atoms with Crippen molar-refractivity contribution in [3.8, 4) is 0 Å². The van der Waals surface area contributed by atoms with Gasteiger partial charge in [-0.15, -0.1) is 0 Å². The van der Waals surface area contributed by atoms with Gasteiger partial charge in [0.25, 0.3) is 0 Å². The van der Waals surface area contributed by atoms with Gasteiger partial charge in [-0.3, -0.25) is 4.79 Å². The van der Waals surface area contributed by atoms with Crippen LogP contribution in [0.4, 0.5) is 0 Å². The van der Waals surface area contributed by atoms with Crippen LogP contribution in [-0.4, -0.2) is 19.4 Å². The Morgan fingerprint density at radius 3 is 2.48 bits per heavy atom. The molecule has 1 aromatic heterocycles. The fraction of sp³-hybridized carbons (Fsp3) is 0.158. The molecular formula is C19H13Cl2NO4S. The standard InChI is InChI=1S/C19H13Cl2NO4S/c20-12-2-1-3-14(8-12)27(24,25)17-9-13(21)6-7-15(17)18(23)16-10-22-26-19(16)11-4-5-11/h1-3,6-11H,4-5H2. The Morgan fingerprint density at radius 2 is 1.78 bits per heavy atom. The summed E-state index contributed by atoms with van der Waals surface area (Å²) in [6, 6.07) is 10.0. The molecule has 8 heteroatoms. The van der Waals surface area contributed by atoms with E-state index in [1.165, 1.54) is 42.6 Å². The van der Waals surface area contributed by atoms with Crippen LogP contribution in [0.25, 0.3) is 0 Å². The average molecular weight is 422 g/mol. The summed E-state index contributed by atoms with van der Waals surface area (Å²) in [6.45, 7) is 0. The lowest BCUT2D eigenvalue weighted by atomic mass is 10.0. The summed E-state index contributed by atoms with van der Waals surface area (Å²) in [5, 5.41) is 4.21. The number of sulfone groups is 1. The molecule has 0 spiro atoms. The second kappa shape index (κ2) is 6.78. The van der Waals surface area contributed by atoms with Crippen molar-refractivity contribution in [2.75, 3.05) is 0 Å². The van der Waals surface area contributed by atoms with Gasteiger partial charge in [0.05, 0.1) is 21.6 Å². The summed E-state index contributed by atoms with van der Waals surface area (Å²) in [7, 11) is -4.01. The van der Waals surface area contributed by atoms with Crippen molar-refractivity contribution in [2.24, 2.45) is 0 Å². The first-order chi connectivity index (χ1) is 12.9. The Labute approximate surface area is 165 Å². The second-order valence-electron chi connectivity index (χ2n) is 6.31. The second-order valence-corrected chi connectivity index (χ2v) is 9.10. The summed E-state index contributed by atoms with van der Waals surface area (Å²) < 4.78 is 31.5. The zero-order valence-corrected chi connectivity index (χ0v) is 16.2. The minimum atomic E-state index is -4.01. The van der Waals surface area contributed by atoms with Gasteiger partial charge in [0.1, 0.15) is 0 Å². The van der Waals surface area contributed by atoms with Crippen LogP contribution in [0.1, 0.15) is 40.4 Å². The van der Waals surface area contributed by atoms with Crippen molar-refractivity contribution < 1.29 is 17.7 Å². The molecule has 0 atom stereocenters. The first-order valence-corrected chi connectivity index (χ1v) is 10.4. The Hall–Kier alpha value is -2.15. The molecule has 0 unspecified atom stereocenters. The van der Waals surface area contributed by atoms with Gasteiger partial charge in [-0.25, -0.2) is 8.42 Å². The molecule has 0 amide bonds. The first kappa shape index (κ1) is 18.2. The Bertz CT molecular complexity index is 1150. The molecule has 5 nitrogen and oxygen atoms in total. The molecule has 3 aromatic rings. The number of aromatic nitrogens is 1. The van der Waals surface area contributed by atoms with Crippen LogP contribution in [0.3, 0.4) is 0 Å². The summed E-state index contributed by atoms with van der Waals surface area (Å²) in [5.74, 6) is 0.197. The van der Waals surface area contributed by atoms with E-state index in [4.69, 9.17) is 27.7 Å². The number of carbonyl (C=O) groups excluding carboxylic acids is 1. The SMILES string of the molecule is O=C(c1ccc(Cl)cc1S(=O)(=O)c1cccc(Cl)c1)c1cnoc1C1CC1. The summed E-state index contributed by atoms with van der Waals surface area (Å²) in [4.78, 5) is 12.9. The Kier molecular flexibility index (Phi) is 4.58. The number of nitrogens with zero attached hydrogens (tertiary/aromatic N) is 1. The van der Waals surface area contributed by atoms with E-state index in [0.717, 1.165) is 12.8 Å². The van der Waals surface area contributed by atoms with Crippen molar-refractivity contribution in [1.29, 1.82) is 0 Å². The molecule has 138 valence electrons. The Balaban J connectivity index is 1.86. The van der Waals surface area contributed by atoms with Crippen LogP contribution in [0.5, 0.6) is 0 Å². The minimum absolute atomic E-state index is 0.0148. The van der Waals surface area contributed by atoms with E-state index in [2.05, 4.69) is 5.16 Å². The Morgan fingerprint density at radius 1 is 1.04 bits per heavy atom. The summed E-state index contributed by atoms with van der Waals surface area (Å²) in [5.41, 5.74) is 0.298. The van der Waals surface area contributed by atoms with Gasteiger partial charge in [0.2, 0.25) is 9.84 Å². The normalized spacial score (nSPS) is 14.3. The predicted molar refractivity (Wildman–Crippen MR) is 100 cm³/mol. The van der Waals surface area contributed by atoms with Crippen LogP contribution in [0.15, 0.2) is 63.0 Å². The lowest BCUT2D eigenvalue weighted by Crippen LogP contribution is -2.11. The van der Waals surface area contributed by atoms with Gasteiger partial charge >= 0.3 is 0 Å². The van der Waals surface area contributed by atoms with Gasteiger partial charge in [0, 0.05) is 21.5 Å². The van der Waals surface area contributed by atoms with E-state index in [0.29, 0.717) is 5.76 Å². The fourth-order valence-corrected chi connectivity index (χ4v) is 4.89. The molecule has 1 aliphatic carbocycles. The van der Waals surface area contributed by atoms with Crippen molar-refractivity contribution in [1.82, 2.24) is 5.16 Å². The van der Waals surface area contributed by atoms with Crippen molar-refractivity contribution >= 4 is 38.8 Å². The van der Waals surface area contributed by atoms with Crippen LogP contribution in [0.2, 0.25) is 10.0 Å². The van der Waals surface area contributed by atoms with Crippen LogP contribution < -0.4 is 0 Å². The van der Waals surface area contributed by atoms with Gasteiger partial charge in [-0.05, 0) is 49.2 Å². The maximum Gasteiger partial charge on any atom is 0.207 e. The zero-order chi connectivity index (χ0) is 19.2. The highest BCUT2D eigenvalue weighted by atomic mass is 35.5. The number of halogens is 2. The molecule has 0 aliphatic heterocycles. The number of rotatable bonds is 5. The van der Waals surface area contributed by atoms with E-state index in [1.807, 2.05) is 0 Å². The summed E-state index contributed by atoms with van der Waals surface area (Å²) in [6.07, 6.45) is 3.17. The molecule has 27 heavy (non-hydrogen) atoms. The predicted octanol–water partition coefficient (Wildman–Crippen LogP) is 4.92. The molecule has 2 aromatic carbocycles. The van der Waals surface area contributed by atoms with Crippen molar-refractivity contribution in [2.45, 2.75) is 28.6 Å². The van der Waals surface area contributed by atoms with Crippen molar-refractivity contribution in [3.63, 3.8) is 0 Å². The highest BCUT2D eigenvalue weighted by molar-refractivity contribution is 7.91.